The van der Waals surface area contributed by atoms with Crippen molar-refractivity contribution in [3.8, 4) is 0 Å². The molecular formula is C26H29F3N4O4. The van der Waals surface area contributed by atoms with E-state index in [2.05, 4.69) is 16.0 Å². The molecule has 1 unspecified atom stereocenters. The molecule has 2 aromatic carbocycles. The summed E-state index contributed by atoms with van der Waals surface area (Å²) in [5, 5.41) is 7.92. The summed E-state index contributed by atoms with van der Waals surface area (Å²) in [6.45, 7) is 7.56. The first-order valence-electron chi connectivity index (χ1n) is 11.8. The van der Waals surface area contributed by atoms with Crippen molar-refractivity contribution in [3.63, 3.8) is 0 Å². The van der Waals surface area contributed by atoms with Gasteiger partial charge >= 0.3 is 24.2 Å². The lowest BCUT2D eigenvalue weighted by atomic mass is 9.94. The summed E-state index contributed by atoms with van der Waals surface area (Å²) in [6, 6.07) is 8.84. The molecule has 1 heterocycles. The lowest BCUT2D eigenvalue weighted by Crippen LogP contribution is -2.48. The van der Waals surface area contributed by atoms with Gasteiger partial charge in [0.1, 0.15) is 0 Å². The zero-order valence-electron chi connectivity index (χ0n) is 20.9. The van der Waals surface area contributed by atoms with Gasteiger partial charge in [0.2, 0.25) is 0 Å². The molecule has 0 bridgehead atoms. The third kappa shape index (κ3) is 6.81. The van der Waals surface area contributed by atoms with Crippen molar-refractivity contribution in [2.75, 3.05) is 17.2 Å². The molecule has 0 spiro atoms. The van der Waals surface area contributed by atoms with E-state index in [1.807, 2.05) is 6.92 Å². The molecular weight excluding hydrogens is 489 g/mol. The highest BCUT2D eigenvalue weighted by atomic mass is 19.4. The van der Waals surface area contributed by atoms with Crippen molar-refractivity contribution >= 4 is 29.4 Å². The van der Waals surface area contributed by atoms with Crippen LogP contribution in [0.25, 0.3) is 0 Å². The fourth-order valence-corrected chi connectivity index (χ4v) is 3.86. The molecule has 1 atom stereocenters. The van der Waals surface area contributed by atoms with Crippen LogP contribution in [0.4, 0.5) is 34.1 Å². The number of allylic oxidation sites excluding steroid dienone is 1. The van der Waals surface area contributed by atoms with Crippen molar-refractivity contribution in [1.29, 1.82) is 0 Å². The van der Waals surface area contributed by atoms with Gasteiger partial charge in [-0.3, -0.25) is 4.90 Å². The molecule has 0 saturated heterocycles. The molecule has 2 aromatic rings. The van der Waals surface area contributed by atoms with Gasteiger partial charge in [0.05, 0.1) is 23.3 Å². The number of carbonyl (C=O) groups is 3. The van der Waals surface area contributed by atoms with Crippen LogP contribution in [0.1, 0.15) is 51.3 Å². The van der Waals surface area contributed by atoms with Gasteiger partial charge in [-0.25, -0.2) is 14.4 Å². The van der Waals surface area contributed by atoms with Gasteiger partial charge in [-0.2, -0.15) is 13.2 Å². The number of nitrogens with one attached hydrogen (secondary N) is 3. The highest BCUT2D eigenvalue weighted by Crippen LogP contribution is 2.33. The van der Waals surface area contributed by atoms with Crippen LogP contribution >= 0.6 is 0 Å². The Morgan fingerprint density at radius 1 is 1.03 bits per heavy atom. The first-order chi connectivity index (χ1) is 17.4. The Hall–Kier alpha value is -4.02. The zero-order valence-corrected chi connectivity index (χ0v) is 20.9. The standard InChI is InChI=1S/C26H29F3N4O4/c1-5-14-33-16(4)21(23(34)37-15(2)3)22(32-25(33)36)17-6-10-19(11-7-17)30-24(35)31-20-12-8-18(9-13-20)26(27,28)29/h6-13,15,22H,5,14H2,1-4H3,(H,32,36)(H2,30,31,35). The van der Waals surface area contributed by atoms with Gasteiger partial charge in [-0.1, -0.05) is 19.1 Å². The number of benzene rings is 2. The number of carbonyl (C=O) groups excluding carboxylic acids is 3. The number of anilines is 2. The Morgan fingerprint density at radius 2 is 1.57 bits per heavy atom. The molecule has 0 radical (unpaired) electrons. The van der Waals surface area contributed by atoms with Crippen LogP contribution in [-0.4, -0.2) is 35.6 Å². The average molecular weight is 519 g/mol. The highest BCUT2D eigenvalue weighted by molar-refractivity contribution is 6.00. The van der Waals surface area contributed by atoms with E-state index in [1.165, 1.54) is 4.90 Å². The van der Waals surface area contributed by atoms with Gasteiger partial charge < -0.3 is 20.7 Å². The van der Waals surface area contributed by atoms with E-state index in [4.69, 9.17) is 4.74 Å². The van der Waals surface area contributed by atoms with E-state index < -0.39 is 29.8 Å². The second kappa shape index (κ2) is 11.4. The maximum Gasteiger partial charge on any atom is 0.416 e. The van der Waals surface area contributed by atoms with Gasteiger partial charge in [-0.15, -0.1) is 0 Å². The maximum atomic E-state index is 12.9. The number of nitrogens with zero attached hydrogens (tertiary/aromatic N) is 1. The number of alkyl halides is 3. The third-order valence-electron chi connectivity index (χ3n) is 5.58. The normalized spacial score (nSPS) is 15.9. The Morgan fingerprint density at radius 3 is 2.05 bits per heavy atom. The van der Waals surface area contributed by atoms with E-state index in [9.17, 15) is 27.6 Å². The summed E-state index contributed by atoms with van der Waals surface area (Å²) < 4.78 is 43.5. The molecule has 0 saturated carbocycles. The van der Waals surface area contributed by atoms with E-state index in [0.29, 0.717) is 35.5 Å². The summed E-state index contributed by atoms with van der Waals surface area (Å²) >= 11 is 0. The zero-order chi connectivity index (χ0) is 27.3. The number of urea groups is 2. The van der Waals surface area contributed by atoms with Crippen molar-refractivity contribution in [2.45, 2.75) is 52.4 Å². The van der Waals surface area contributed by atoms with E-state index in [1.54, 1.807) is 45.0 Å². The topological polar surface area (TPSA) is 99.8 Å². The molecule has 1 aliphatic heterocycles. The van der Waals surface area contributed by atoms with E-state index in [0.717, 1.165) is 24.3 Å². The lowest BCUT2D eigenvalue weighted by molar-refractivity contribution is -0.143. The molecule has 1 aliphatic rings. The number of esters is 1. The van der Waals surface area contributed by atoms with Crippen LogP contribution in [0.5, 0.6) is 0 Å². The number of rotatable bonds is 7. The molecule has 3 rings (SSSR count). The predicted octanol–water partition coefficient (Wildman–Crippen LogP) is 6.05. The predicted molar refractivity (Wildman–Crippen MR) is 133 cm³/mol. The monoisotopic (exact) mass is 518 g/mol. The summed E-state index contributed by atoms with van der Waals surface area (Å²) in [5.41, 5.74) is 1.21. The summed E-state index contributed by atoms with van der Waals surface area (Å²) in [7, 11) is 0. The van der Waals surface area contributed by atoms with Crippen LogP contribution in [0.15, 0.2) is 59.8 Å². The minimum atomic E-state index is -4.46. The SMILES string of the molecule is CCCN1C(=O)NC(c2ccc(NC(=O)Nc3ccc(C(F)(F)F)cc3)cc2)C(C(=O)OC(C)C)=C1C. The minimum Gasteiger partial charge on any atom is -0.459 e. The van der Waals surface area contributed by atoms with Gasteiger partial charge in [0.15, 0.2) is 0 Å². The smallest absolute Gasteiger partial charge is 0.416 e. The van der Waals surface area contributed by atoms with Crippen LogP contribution in [0.3, 0.4) is 0 Å². The first-order valence-corrected chi connectivity index (χ1v) is 11.8. The number of ether oxygens (including phenoxy) is 1. The van der Waals surface area contributed by atoms with Crippen molar-refractivity contribution in [3.05, 3.63) is 70.9 Å². The number of halogens is 3. The Bertz CT molecular complexity index is 1180. The molecule has 4 amide bonds. The summed E-state index contributed by atoms with van der Waals surface area (Å²) in [4.78, 5) is 39.5. The van der Waals surface area contributed by atoms with Crippen LogP contribution < -0.4 is 16.0 Å². The molecule has 198 valence electrons. The van der Waals surface area contributed by atoms with Crippen molar-refractivity contribution in [1.82, 2.24) is 10.2 Å². The molecule has 3 N–H and O–H groups in total. The summed E-state index contributed by atoms with van der Waals surface area (Å²) in [6.07, 6.45) is -4.11. The average Bonchev–Trinajstić information content (AvgIpc) is 2.81. The Balaban J connectivity index is 1.76. The van der Waals surface area contributed by atoms with Gasteiger partial charge in [0, 0.05) is 23.6 Å². The van der Waals surface area contributed by atoms with Crippen LogP contribution in [0, 0.1) is 0 Å². The van der Waals surface area contributed by atoms with E-state index >= 15 is 0 Å². The second-order valence-corrected chi connectivity index (χ2v) is 8.76. The van der Waals surface area contributed by atoms with Crippen molar-refractivity contribution < 1.29 is 32.3 Å². The minimum absolute atomic E-state index is 0.192. The third-order valence-corrected chi connectivity index (χ3v) is 5.58. The largest absolute Gasteiger partial charge is 0.459 e. The fourth-order valence-electron chi connectivity index (χ4n) is 3.86. The lowest BCUT2D eigenvalue weighted by Gasteiger charge is -2.35. The second-order valence-electron chi connectivity index (χ2n) is 8.76. The Kier molecular flexibility index (Phi) is 8.46. The molecule has 0 aliphatic carbocycles. The highest BCUT2D eigenvalue weighted by Gasteiger charge is 2.36. The van der Waals surface area contributed by atoms with Gasteiger partial charge in [-0.05, 0) is 69.2 Å². The molecule has 11 heteroatoms. The van der Waals surface area contributed by atoms with Crippen LogP contribution in [0.2, 0.25) is 0 Å². The summed E-state index contributed by atoms with van der Waals surface area (Å²) in [5.74, 6) is -0.531. The fraction of sp³-hybridized carbons (Fsp3) is 0.346. The molecule has 37 heavy (non-hydrogen) atoms. The number of hydrogen-bond acceptors (Lipinski definition) is 4. The maximum absolute atomic E-state index is 12.9. The van der Waals surface area contributed by atoms with Crippen molar-refractivity contribution in [2.24, 2.45) is 0 Å². The van der Waals surface area contributed by atoms with Gasteiger partial charge in [0.25, 0.3) is 0 Å². The first kappa shape index (κ1) is 27.6. The quantitative estimate of drug-likeness (QED) is 0.389. The molecule has 8 nitrogen and oxygen atoms in total. The molecule has 0 fully saturated rings. The Labute approximate surface area is 212 Å². The molecule has 0 aromatic heterocycles. The number of amides is 4. The van der Waals surface area contributed by atoms with Crippen LogP contribution in [-0.2, 0) is 15.7 Å². The van der Waals surface area contributed by atoms with E-state index in [-0.39, 0.29) is 17.8 Å². The number of hydrogen-bond donors (Lipinski definition) is 3.